The minimum absolute atomic E-state index is 0.127. The molecule has 5 nitrogen and oxygen atoms in total. The number of hydrogen-bond acceptors (Lipinski definition) is 3. The lowest BCUT2D eigenvalue weighted by atomic mass is 10.1. The highest BCUT2D eigenvalue weighted by atomic mass is 16.2. The Balaban J connectivity index is 2.34. The van der Waals surface area contributed by atoms with Crippen molar-refractivity contribution in [2.24, 2.45) is 7.05 Å². The smallest absolute Gasteiger partial charge is 0.254 e. The van der Waals surface area contributed by atoms with Crippen molar-refractivity contribution < 1.29 is 4.79 Å². The molecule has 21 heavy (non-hydrogen) atoms. The van der Waals surface area contributed by atoms with Gasteiger partial charge < -0.3 is 9.47 Å². The molecule has 0 aliphatic heterocycles. The highest BCUT2D eigenvalue weighted by molar-refractivity contribution is 6.06. The number of carbonyl (C=O) groups is 1. The summed E-state index contributed by atoms with van der Waals surface area (Å²) in [6, 6.07) is 11.6. The summed E-state index contributed by atoms with van der Waals surface area (Å²) in [6.45, 7) is 0.695. The van der Waals surface area contributed by atoms with Crippen molar-refractivity contribution in [1.29, 1.82) is 10.5 Å². The minimum Gasteiger partial charge on any atom is -0.351 e. The van der Waals surface area contributed by atoms with Crippen LogP contribution in [0.15, 0.2) is 30.5 Å². The molecule has 0 aliphatic carbocycles. The largest absolute Gasteiger partial charge is 0.351 e. The fraction of sp³-hybridized carbons (Fsp3) is 0.312. The Morgan fingerprint density at radius 2 is 1.86 bits per heavy atom. The van der Waals surface area contributed by atoms with Crippen LogP contribution in [-0.2, 0) is 7.05 Å². The standard InChI is InChI=1S/C16H16N4O/c1-19-12-7-13-14(5-2-6-15(13)19)16(21)20(10-3-8-17)11-4-9-18/h2,5-7,12H,3-4,10-11H2,1H3. The van der Waals surface area contributed by atoms with Crippen LogP contribution in [0, 0.1) is 22.7 Å². The molecular weight excluding hydrogens is 264 g/mol. The summed E-state index contributed by atoms with van der Waals surface area (Å²) >= 11 is 0. The monoisotopic (exact) mass is 280 g/mol. The number of aromatic nitrogens is 1. The molecule has 0 bridgehead atoms. The fourth-order valence-corrected chi connectivity index (χ4v) is 2.34. The summed E-state index contributed by atoms with van der Waals surface area (Å²) in [6.07, 6.45) is 2.44. The van der Waals surface area contributed by atoms with Crippen LogP contribution in [0.4, 0.5) is 0 Å². The highest BCUT2D eigenvalue weighted by Crippen LogP contribution is 2.21. The van der Waals surface area contributed by atoms with E-state index in [-0.39, 0.29) is 18.7 Å². The molecule has 0 unspecified atom stereocenters. The van der Waals surface area contributed by atoms with Gasteiger partial charge in [-0.3, -0.25) is 4.79 Å². The van der Waals surface area contributed by atoms with Crippen molar-refractivity contribution in [2.75, 3.05) is 13.1 Å². The number of nitrogens with zero attached hydrogens (tertiary/aromatic N) is 4. The Bertz CT molecular complexity index is 715. The van der Waals surface area contributed by atoms with Crippen LogP contribution in [0.2, 0.25) is 0 Å². The van der Waals surface area contributed by atoms with Crippen LogP contribution in [-0.4, -0.2) is 28.5 Å². The van der Waals surface area contributed by atoms with Gasteiger partial charge in [0.05, 0.1) is 25.0 Å². The lowest BCUT2D eigenvalue weighted by Crippen LogP contribution is -2.32. The van der Waals surface area contributed by atoms with Crippen molar-refractivity contribution in [3.05, 3.63) is 36.0 Å². The molecule has 1 heterocycles. The molecule has 106 valence electrons. The van der Waals surface area contributed by atoms with Gasteiger partial charge in [0.25, 0.3) is 5.91 Å². The van der Waals surface area contributed by atoms with Crippen LogP contribution in [0.5, 0.6) is 0 Å². The zero-order chi connectivity index (χ0) is 15.2. The Morgan fingerprint density at radius 1 is 1.19 bits per heavy atom. The predicted octanol–water partition coefficient (Wildman–Crippen LogP) is 2.45. The van der Waals surface area contributed by atoms with E-state index in [1.807, 2.05) is 48.1 Å². The molecule has 1 aromatic heterocycles. The van der Waals surface area contributed by atoms with Gasteiger partial charge in [-0.25, -0.2) is 0 Å². The summed E-state index contributed by atoms with van der Waals surface area (Å²) in [5.41, 5.74) is 1.60. The third-order valence-corrected chi connectivity index (χ3v) is 3.43. The molecule has 1 aromatic carbocycles. The van der Waals surface area contributed by atoms with E-state index in [0.29, 0.717) is 18.7 Å². The summed E-state index contributed by atoms with van der Waals surface area (Å²) in [5.74, 6) is -0.127. The van der Waals surface area contributed by atoms with E-state index >= 15 is 0 Å². The van der Waals surface area contributed by atoms with E-state index in [0.717, 1.165) is 10.9 Å². The first-order valence-corrected chi connectivity index (χ1v) is 6.76. The van der Waals surface area contributed by atoms with Crippen molar-refractivity contribution in [1.82, 2.24) is 9.47 Å². The van der Waals surface area contributed by atoms with Gasteiger partial charge in [0, 0.05) is 42.8 Å². The number of fused-ring (bicyclic) bond motifs is 1. The van der Waals surface area contributed by atoms with Crippen LogP contribution < -0.4 is 0 Å². The third kappa shape index (κ3) is 3.04. The van der Waals surface area contributed by atoms with E-state index in [1.54, 1.807) is 11.0 Å². The lowest BCUT2D eigenvalue weighted by molar-refractivity contribution is 0.0764. The third-order valence-electron chi connectivity index (χ3n) is 3.43. The summed E-state index contributed by atoms with van der Waals surface area (Å²) in [7, 11) is 1.93. The second-order valence-electron chi connectivity index (χ2n) is 4.77. The first-order valence-electron chi connectivity index (χ1n) is 6.76. The molecule has 2 aromatic rings. The number of nitriles is 2. The maximum atomic E-state index is 12.7. The van der Waals surface area contributed by atoms with Gasteiger partial charge in [-0.2, -0.15) is 10.5 Å². The second kappa shape index (κ2) is 6.58. The Labute approximate surface area is 123 Å². The van der Waals surface area contributed by atoms with Gasteiger partial charge >= 0.3 is 0 Å². The topological polar surface area (TPSA) is 72.8 Å². The molecule has 0 saturated heterocycles. The molecule has 0 radical (unpaired) electrons. The highest BCUT2D eigenvalue weighted by Gasteiger charge is 2.18. The zero-order valence-electron chi connectivity index (χ0n) is 11.9. The zero-order valence-corrected chi connectivity index (χ0v) is 11.9. The predicted molar refractivity (Wildman–Crippen MR) is 79.3 cm³/mol. The summed E-state index contributed by atoms with van der Waals surface area (Å²) in [5, 5.41) is 18.3. The van der Waals surface area contributed by atoms with Crippen molar-refractivity contribution in [3.63, 3.8) is 0 Å². The average Bonchev–Trinajstić information content (AvgIpc) is 2.88. The van der Waals surface area contributed by atoms with E-state index in [9.17, 15) is 4.79 Å². The number of rotatable bonds is 5. The maximum absolute atomic E-state index is 12.7. The normalized spacial score (nSPS) is 10.0. The van der Waals surface area contributed by atoms with Crippen LogP contribution >= 0.6 is 0 Å². The van der Waals surface area contributed by atoms with Crippen LogP contribution in [0.3, 0.4) is 0 Å². The molecule has 0 spiro atoms. The fourth-order valence-electron chi connectivity index (χ4n) is 2.34. The maximum Gasteiger partial charge on any atom is 0.254 e. The molecule has 0 fully saturated rings. The number of amides is 1. The van der Waals surface area contributed by atoms with E-state index in [2.05, 4.69) is 0 Å². The van der Waals surface area contributed by atoms with Crippen LogP contribution in [0.25, 0.3) is 10.9 Å². The molecule has 0 saturated carbocycles. The SMILES string of the molecule is Cn1ccc2c(C(=O)N(CCC#N)CCC#N)cccc21. The number of benzene rings is 1. The molecule has 2 rings (SSSR count). The van der Waals surface area contributed by atoms with Gasteiger partial charge in [0.15, 0.2) is 0 Å². The van der Waals surface area contributed by atoms with Crippen molar-refractivity contribution >= 4 is 16.8 Å². The first-order chi connectivity index (χ1) is 10.2. The van der Waals surface area contributed by atoms with Gasteiger partial charge in [-0.05, 0) is 18.2 Å². The first kappa shape index (κ1) is 14.6. The molecule has 5 heteroatoms. The van der Waals surface area contributed by atoms with Crippen LogP contribution in [0.1, 0.15) is 23.2 Å². The van der Waals surface area contributed by atoms with Gasteiger partial charge in [0.1, 0.15) is 0 Å². The van der Waals surface area contributed by atoms with E-state index in [4.69, 9.17) is 10.5 Å². The molecule has 0 atom stereocenters. The average molecular weight is 280 g/mol. The molecular formula is C16H16N4O. The summed E-state index contributed by atoms with van der Waals surface area (Å²) < 4.78 is 1.96. The number of aryl methyl sites for hydroxylation is 1. The van der Waals surface area contributed by atoms with Crippen molar-refractivity contribution in [3.8, 4) is 12.1 Å². The molecule has 1 amide bonds. The van der Waals surface area contributed by atoms with Gasteiger partial charge in [0.2, 0.25) is 0 Å². The van der Waals surface area contributed by atoms with Gasteiger partial charge in [-0.1, -0.05) is 6.07 Å². The Kier molecular flexibility index (Phi) is 4.58. The van der Waals surface area contributed by atoms with E-state index in [1.165, 1.54) is 0 Å². The van der Waals surface area contributed by atoms with E-state index < -0.39 is 0 Å². The van der Waals surface area contributed by atoms with Crippen molar-refractivity contribution in [2.45, 2.75) is 12.8 Å². The Hall–Kier alpha value is -2.79. The van der Waals surface area contributed by atoms with Gasteiger partial charge in [-0.15, -0.1) is 0 Å². The molecule has 0 N–H and O–H groups in total. The number of hydrogen-bond donors (Lipinski definition) is 0. The molecule has 0 aliphatic rings. The quantitative estimate of drug-likeness (QED) is 0.844. The lowest BCUT2D eigenvalue weighted by Gasteiger charge is -2.20. The minimum atomic E-state index is -0.127. The number of carbonyl (C=O) groups excluding carboxylic acids is 1. The second-order valence-corrected chi connectivity index (χ2v) is 4.77. The summed E-state index contributed by atoms with van der Waals surface area (Å²) in [4.78, 5) is 14.3. The Morgan fingerprint density at radius 3 is 2.48 bits per heavy atom.